The van der Waals surface area contributed by atoms with E-state index in [4.69, 9.17) is 0 Å². The first kappa shape index (κ1) is 14.5. The van der Waals surface area contributed by atoms with Crippen molar-refractivity contribution in [3.05, 3.63) is 42.1 Å². The number of benzene rings is 1. The van der Waals surface area contributed by atoms with Gasteiger partial charge in [-0.3, -0.25) is 4.98 Å². The van der Waals surface area contributed by atoms with Crippen molar-refractivity contribution in [1.82, 2.24) is 4.98 Å². The lowest BCUT2D eigenvalue weighted by atomic mass is 9.72. The molecule has 0 saturated heterocycles. The predicted octanol–water partition coefficient (Wildman–Crippen LogP) is 4.87. The third kappa shape index (κ3) is 2.82. The van der Waals surface area contributed by atoms with Crippen LogP contribution in [0.2, 0.25) is 0 Å². The van der Waals surface area contributed by atoms with Crippen molar-refractivity contribution in [2.75, 3.05) is 0 Å². The molecule has 1 aliphatic carbocycles. The van der Waals surface area contributed by atoms with Crippen molar-refractivity contribution in [3.63, 3.8) is 0 Å². The Labute approximate surface area is 127 Å². The summed E-state index contributed by atoms with van der Waals surface area (Å²) in [6.07, 6.45) is 7.37. The Bertz CT molecular complexity index is 614. The van der Waals surface area contributed by atoms with Crippen molar-refractivity contribution < 1.29 is 5.11 Å². The van der Waals surface area contributed by atoms with E-state index in [1.54, 1.807) is 0 Å². The van der Waals surface area contributed by atoms with Gasteiger partial charge in [0.15, 0.2) is 0 Å². The molecule has 0 spiro atoms. The maximum atomic E-state index is 11.1. The number of pyridine rings is 1. The molecule has 1 saturated carbocycles. The highest BCUT2D eigenvalue weighted by molar-refractivity contribution is 5.79. The fraction of sp³-hybridized carbons (Fsp3) is 0.526. The highest BCUT2D eigenvalue weighted by atomic mass is 16.3. The third-order valence-corrected chi connectivity index (χ3v) is 4.94. The van der Waals surface area contributed by atoms with E-state index in [0.29, 0.717) is 5.92 Å². The summed E-state index contributed by atoms with van der Waals surface area (Å²) in [5, 5.41) is 12.2. The molecular weight excluding hydrogens is 258 g/mol. The molecule has 0 bridgehead atoms. The number of hydrogen-bond donors (Lipinski definition) is 1. The van der Waals surface area contributed by atoms with Crippen LogP contribution in [0.1, 0.15) is 57.6 Å². The summed E-state index contributed by atoms with van der Waals surface area (Å²) in [7, 11) is 0. The van der Waals surface area contributed by atoms with Crippen molar-refractivity contribution >= 4 is 10.9 Å². The van der Waals surface area contributed by atoms with Gasteiger partial charge >= 0.3 is 0 Å². The Balaban J connectivity index is 1.95. The predicted molar refractivity (Wildman–Crippen MR) is 87.1 cm³/mol. The van der Waals surface area contributed by atoms with Gasteiger partial charge in [0.1, 0.15) is 0 Å². The van der Waals surface area contributed by atoms with E-state index < -0.39 is 0 Å². The first-order valence-electron chi connectivity index (χ1n) is 8.13. The second-order valence-electron chi connectivity index (χ2n) is 7.03. The van der Waals surface area contributed by atoms with Gasteiger partial charge in [0.25, 0.3) is 0 Å². The summed E-state index contributed by atoms with van der Waals surface area (Å²) in [6.45, 7) is 4.52. The lowest BCUT2D eigenvalue weighted by Gasteiger charge is -2.36. The lowest BCUT2D eigenvalue weighted by molar-refractivity contribution is 0.0113. The Morgan fingerprint density at radius 1 is 1.19 bits per heavy atom. The van der Waals surface area contributed by atoms with E-state index in [2.05, 4.69) is 37.0 Å². The number of fused-ring (bicyclic) bond motifs is 1. The summed E-state index contributed by atoms with van der Waals surface area (Å²) in [6, 6.07) is 10.2. The Morgan fingerprint density at radius 2 is 1.95 bits per heavy atom. The number of aliphatic hydroxyl groups is 1. The topological polar surface area (TPSA) is 33.1 Å². The van der Waals surface area contributed by atoms with E-state index in [0.717, 1.165) is 35.7 Å². The van der Waals surface area contributed by atoms with Crippen LogP contribution < -0.4 is 0 Å². The van der Waals surface area contributed by atoms with E-state index in [-0.39, 0.29) is 11.5 Å². The maximum absolute atomic E-state index is 11.1. The van der Waals surface area contributed by atoms with Gasteiger partial charge in [-0.15, -0.1) is 0 Å². The van der Waals surface area contributed by atoms with Crippen LogP contribution >= 0.6 is 0 Å². The van der Waals surface area contributed by atoms with E-state index >= 15 is 0 Å². The van der Waals surface area contributed by atoms with Gasteiger partial charge < -0.3 is 5.11 Å². The Morgan fingerprint density at radius 3 is 2.67 bits per heavy atom. The number of aromatic nitrogens is 1. The standard InChI is InChI=1S/C19H25NO/c1-14(2)13-19(9-3-4-10-19)18(21)16-7-8-17-15(12-16)6-5-11-20-17/h5-8,11-12,14,18,21H,3-4,9-10,13H2,1-2H3. The monoisotopic (exact) mass is 283 g/mol. The Kier molecular flexibility index (Phi) is 3.99. The molecule has 1 N–H and O–H groups in total. The second kappa shape index (κ2) is 5.76. The average molecular weight is 283 g/mol. The number of hydrogen-bond acceptors (Lipinski definition) is 2. The number of nitrogens with zero attached hydrogens (tertiary/aromatic N) is 1. The minimum atomic E-state index is -0.355. The van der Waals surface area contributed by atoms with Crippen molar-refractivity contribution in [3.8, 4) is 0 Å². The molecule has 0 aliphatic heterocycles. The molecule has 1 heterocycles. The van der Waals surface area contributed by atoms with Crippen LogP contribution in [-0.2, 0) is 0 Å². The van der Waals surface area contributed by atoms with Crippen LogP contribution in [0.4, 0.5) is 0 Å². The van der Waals surface area contributed by atoms with Gasteiger partial charge in [-0.1, -0.05) is 38.8 Å². The zero-order valence-corrected chi connectivity index (χ0v) is 13.0. The molecule has 1 unspecified atom stereocenters. The normalized spacial score (nSPS) is 19.2. The van der Waals surface area contributed by atoms with Crippen LogP contribution in [0.25, 0.3) is 10.9 Å². The molecule has 1 aromatic carbocycles. The summed E-state index contributed by atoms with van der Waals surface area (Å²) >= 11 is 0. The van der Waals surface area contributed by atoms with E-state index in [9.17, 15) is 5.11 Å². The lowest BCUT2D eigenvalue weighted by Crippen LogP contribution is -2.27. The van der Waals surface area contributed by atoms with Gasteiger partial charge in [0.2, 0.25) is 0 Å². The second-order valence-corrected chi connectivity index (χ2v) is 7.03. The van der Waals surface area contributed by atoms with Crippen LogP contribution in [0.5, 0.6) is 0 Å². The smallest absolute Gasteiger partial charge is 0.0846 e. The van der Waals surface area contributed by atoms with Gasteiger partial charge in [0.05, 0.1) is 11.6 Å². The summed E-state index contributed by atoms with van der Waals surface area (Å²) in [4.78, 5) is 4.36. The number of rotatable bonds is 4. The average Bonchev–Trinajstić information content (AvgIpc) is 2.95. The van der Waals surface area contributed by atoms with Crippen LogP contribution in [0.15, 0.2) is 36.5 Å². The Hall–Kier alpha value is -1.41. The quantitative estimate of drug-likeness (QED) is 0.868. The minimum absolute atomic E-state index is 0.0735. The molecule has 1 fully saturated rings. The molecule has 2 nitrogen and oxygen atoms in total. The zero-order chi connectivity index (χ0) is 14.9. The fourth-order valence-corrected chi connectivity index (χ4v) is 4.10. The van der Waals surface area contributed by atoms with Crippen molar-refractivity contribution in [1.29, 1.82) is 0 Å². The molecule has 0 radical (unpaired) electrons. The molecule has 0 amide bonds. The van der Waals surface area contributed by atoms with E-state index in [1.807, 2.05) is 18.3 Å². The highest BCUT2D eigenvalue weighted by Gasteiger charge is 2.41. The molecule has 1 aromatic heterocycles. The first-order valence-corrected chi connectivity index (χ1v) is 8.13. The fourth-order valence-electron chi connectivity index (χ4n) is 4.10. The molecule has 1 aliphatic rings. The molecular formula is C19H25NO. The molecule has 1 atom stereocenters. The van der Waals surface area contributed by atoms with Gasteiger partial charge in [-0.2, -0.15) is 0 Å². The SMILES string of the molecule is CC(C)CC1(C(O)c2ccc3ncccc3c2)CCCC1. The zero-order valence-electron chi connectivity index (χ0n) is 13.0. The minimum Gasteiger partial charge on any atom is -0.388 e. The number of aliphatic hydroxyl groups excluding tert-OH is 1. The van der Waals surface area contributed by atoms with Gasteiger partial charge in [-0.05, 0) is 48.9 Å². The first-order chi connectivity index (χ1) is 10.1. The largest absolute Gasteiger partial charge is 0.388 e. The van der Waals surface area contributed by atoms with Crippen molar-refractivity contribution in [2.45, 2.75) is 52.1 Å². The molecule has 2 aromatic rings. The molecule has 112 valence electrons. The van der Waals surface area contributed by atoms with Crippen LogP contribution in [-0.4, -0.2) is 10.1 Å². The summed E-state index contributed by atoms with van der Waals surface area (Å²) in [5.74, 6) is 0.625. The molecule has 21 heavy (non-hydrogen) atoms. The van der Waals surface area contributed by atoms with Gasteiger partial charge in [-0.25, -0.2) is 0 Å². The molecule has 2 heteroatoms. The molecule has 3 rings (SSSR count). The maximum Gasteiger partial charge on any atom is 0.0846 e. The third-order valence-electron chi connectivity index (χ3n) is 4.94. The van der Waals surface area contributed by atoms with Crippen LogP contribution in [0, 0.1) is 11.3 Å². The van der Waals surface area contributed by atoms with Crippen LogP contribution in [0.3, 0.4) is 0 Å². The van der Waals surface area contributed by atoms with Gasteiger partial charge in [0, 0.05) is 17.0 Å². The van der Waals surface area contributed by atoms with Crippen molar-refractivity contribution in [2.24, 2.45) is 11.3 Å². The van der Waals surface area contributed by atoms with E-state index in [1.165, 1.54) is 12.8 Å². The highest BCUT2D eigenvalue weighted by Crippen LogP contribution is 2.51. The summed E-state index contributed by atoms with van der Waals surface area (Å²) in [5.41, 5.74) is 2.13. The summed E-state index contributed by atoms with van der Waals surface area (Å²) < 4.78 is 0.